The Morgan fingerprint density at radius 3 is 2.76 bits per heavy atom. The van der Waals surface area contributed by atoms with Crippen LogP contribution in [-0.2, 0) is 4.74 Å². The van der Waals surface area contributed by atoms with Crippen LogP contribution in [0, 0.1) is 0 Å². The number of β-amino-alcohol motifs (C(OH)–C–C–N with tert-alkyl or cyclic N) is 1. The van der Waals surface area contributed by atoms with E-state index in [1.54, 1.807) is 6.08 Å². The van der Waals surface area contributed by atoms with Crippen LogP contribution in [0.5, 0.6) is 0 Å². The Labute approximate surface area is 131 Å². The highest BCUT2D eigenvalue weighted by Crippen LogP contribution is 2.20. The Morgan fingerprint density at radius 2 is 2.10 bits per heavy atom. The lowest BCUT2D eigenvalue weighted by Gasteiger charge is -2.36. The summed E-state index contributed by atoms with van der Waals surface area (Å²) >= 11 is 6.03. The maximum Gasteiger partial charge on any atom is 0.0900 e. The summed E-state index contributed by atoms with van der Waals surface area (Å²) < 4.78 is 5.27. The van der Waals surface area contributed by atoms with E-state index in [9.17, 15) is 5.11 Å². The molecule has 0 spiro atoms. The Kier molecular flexibility index (Phi) is 6.51. The number of rotatable bonds is 7. The minimum atomic E-state index is -0.442. The van der Waals surface area contributed by atoms with Crippen LogP contribution < -0.4 is 4.90 Å². The third-order valence-corrected chi connectivity index (χ3v) is 3.80. The second kappa shape index (κ2) is 8.39. The van der Waals surface area contributed by atoms with Gasteiger partial charge in [0.05, 0.1) is 19.3 Å². The zero-order valence-electron chi connectivity index (χ0n) is 12.2. The van der Waals surface area contributed by atoms with E-state index in [0.717, 1.165) is 36.9 Å². The van der Waals surface area contributed by atoms with Gasteiger partial charge in [-0.2, -0.15) is 0 Å². The molecule has 116 valence electrons. The van der Waals surface area contributed by atoms with Crippen LogP contribution in [0.3, 0.4) is 0 Å². The SMILES string of the molecule is C=CCOCC(O)CN1CCN(c2cccc(Cl)c2)CC1. The van der Waals surface area contributed by atoms with Crippen molar-refractivity contribution in [1.29, 1.82) is 0 Å². The molecule has 0 radical (unpaired) electrons. The molecule has 5 heteroatoms. The minimum Gasteiger partial charge on any atom is -0.389 e. The molecule has 2 rings (SSSR count). The van der Waals surface area contributed by atoms with Gasteiger partial charge in [0.15, 0.2) is 0 Å². The lowest BCUT2D eigenvalue weighted by Crippen LogP contribution is -2.49. The van der Waals surface area contributed by atoms with Gasteiger partial charge in [-0.05, 0) is 18.2 Å². The van der Waals surface area contributed by atoms with Crippen LogP contribution in [0.4, 0.5) is 5.69 Å². The summed E-state index contributed by atoms with van der Waals surface area (Å²) in [7, 11) is 0. The maximum absolute atomic E-state index is 9.92. The number of anilines is 1. The van der Waals surface area contributed by atoms with E-state index >= 15 is 0 Å². The van der Waals surface area contributed by atoms with E-state index in [-0.39, 0.29) is 0 Å². The average Bonchev–Trinajstić information content (AvgIpc) is 2.48. The number of piperazine rings is 1. The molecule has 1 aliphatic heterocycles. The molecule has 1 heterocycles. The molecule has 1 aliphatic rings. The fourth-order valence-corrected chi connectivity index (χ4v) is 2.68. The van der Waals surface area contributed by atoms with Crippen molar-refractivity contribution in [1.82, 2.24) is 4.90 Å². The molecular formula is C16H23ClN2O2. The van der Waals surface area contributed by atoms with Crippen LogP contribution in [0.2, 0.25) is 5.02 Å². The first-order chi connectivity index (χ1) is 10.2. The Morgan fingerprint density at radius 1 is 1.33 bits per heavy atom. The summed E-state index contributed by atoms with van der Waals surface area (Å²) in [5.74, 6) is 0. The average molecular weight is 311 g/mol. The zero-order chi connectivity index (χ0) is 15.1. The summed E-state index contributed by atoms with van der Waals surface area (Å²) in [6, 6.07) is 7.94. The Hall–Kier alpha value is -1.07. The molecule has 1 fully saturated rings. The number of halogens is 1. The first-order valence-electron chi connectivity index (χ1n) is 7.28. The first-order valence-corrected chi connectivity index (χ1v) is 7.66. The van der Waals surface area contributed by atoms with Crippen molar-refractivity contribution in [3.8, 4) is 0 Å². The molecule has 0 aromatic heterocycles. The quantitative estimate of drug-likeness (QED) is 0.617. The van der Waals surface area contributed by atoms with Crippen LogP contribution in [0.1, 0.15) is 0 Å². The third-order valence-electron chi connectivity index (χ3n) is 3.56. The van der Waals surface area contributed by atoms with E-state index in [2.05, 4.69) is 22.4 Å². The van der Waals surface area contributed by atoms with Gasteiger partial charge in [0.25, 0.3) is 0 Å². The molecule has 0 aliphatic carbocycles. The van der Waals surface area contributed by atoms with Crippen molar-refractivity contribution in [3.63, 3.8) is 0 Å². The van der Waals surface area contributed by atoms with Crippen molar-refractivity contribution in [3.05, 3.63) is 41.9 Å². The van der Waals surface area contributed by atoms with Crippen molar-refractivity contribution < 1.29 is 9.84 Å². The van der Waals surface area contributed by atoms with E-state index < -0.39 is 6.10 Å². The fraction of sp³-hybridized carbons (Fsp3) is 0.500. The molecule has 0 saturated carbocycles. The second-order valence-corrected chi connectivity index (χ2v) is 5.68. The smallest absolute Gasteiger partial charge is 0.0900 e. The van der Waals surface area contributed by atoms with Gasteiger partial charge in [0.2, 0.25) is 0 Å². The molecular weight excluding hydrogens is 288 g/mol. The number of hydrogen-bond donors (Lipinski definition) is 1. The van der Waals surface area contributed by atoms with Gasteiger partial charge in [-0.15, -0.1) is 6.58 Å². The lowest BCUT2D eigenvalue weighted by molar-refractivity contribution is 0.0252. The molecule has 4 nitrogen and oxygen atoms in total. The van der Waals surface area contributed by atoms with Crippen LogP contribution in [0.15, 0.2) is 36.9 Å². The number of nitrogens with zero attached hydrogens (tertiary/aromatic N) is 2. The second-order valence-electron chi connectivity index (χ2n) is 5.25. The highest BCUT2D eigenvalue weighted by Gasteiger charge is 2.19. The fourth-order valence-electron chi connectivity index (χ4n) is 2.50. The number of benzene rings is 1. The summed E-state index contributed by atoms with van der Waals surface area (Å²) in [5.41, 5.74) is 1.16. The molecule has 21 heavy (non-hydrogen) atoms. The van der Waals surface area contributed by atoms with Gasteiger partial charge >= 0.3 is 0 Å². The van der Waals surface area contributed by atoms with Gasteiger partial charge in [0, 0.05) is 43.4 Å². The van der Waals surface area contributed by atoms with Crippen molar-refractivity contribution in [2.45, 2.75) is 6.10 Å². The van der Waals surface area contributed by atoms with Crippen molar-refractivity contribution in [2.75, 3.05) is 50.8 Å². The van der Waals surface area contributed by atoms with Crippen molar-refractivity contribution in [2.24, 2.45) is 0 Å². The molecule has 0 amide bonds. The topological polar surface area (TPSA) is 35.9 Å². The van der Waals surface area contributed by atoms with Crippen LogP contribution in [-0.4, -0.2) is 62.0 Å². The van der Waals surface area contributed by atoms with E-state index in [4.69, 9.17) is 16.3 Å². The standard InChI is InChI=1S/C16H23ClN2O2/c1-2-10-21-13-16(20)12-18-6-8-19(9-7-18)15-5-3-4-14(17)11-15/h2-5,11,16,20H,1,6-10,12-13H2. The summed E-state index contributed by atoms with van der Waals surface area (Å²) in [4.78, 5) is 4.59. The van der Waals surface area contributed by atoms with Gasteiger partial charge < -0.3 is 14.7 Å². The molecule has 0 bridgehead atoms. The number of aliphatic hydroxyl groups excluding tert-OH is 1. The maximum atomic E-state index is 9.92. The van der Waals surface area contributed by atoms with Gasteiger partial charge in [-0.3, -0.25) is 4.90 Å². The van der Waals surface area contributed by atoms with Crippen LogP contribution in [0.25, 0.3) is 0 Å². The van der Waals surface area contributed by atoms with E-state index in [1.807, 2.05) is 18.2 Å². The van der Waals surface area contributed by atoms with Crippen molar-refractivity contribution >= 4 is 17.3 Å². The molecule has 1 saturated heterocycles. The normalized spacial score (nSPS) is 17.7. The lowest BCUT2D eigenvalue weighted by atomic mass is 10.2. The third kappa shape index (κ3) is 5.32. The van der Waals surface area contributed by atoms with E-state index in [0.29, 0.717) is 19.8 Å². The number of hydrogen-bond acceptors (Lipinski definition) is 4. The Bertz CT molecular complexity index is 448. The molecule has 1 atom stereocenters. The molecule has 1 aromatic rings. The van der Waals surface area contributed by atoms with Gasteiger partial charge in [-0.1, -0.05) is 23.7 Å². The number of aliphatic hydroxyl groups is 1. The number of ether oxygens (including phenoxy) is 1. The highest BCUT2D eigenvalue weighted by molar-refractivity contribution is 6.30. The molecule has 1 N–H and O–H groups in total. The first kappa shape index (κ1) is 16.3. The zero-order valence-corrected chi connectivity index (χ0v) is 13.0. The van der Waals surface area contributed by atoms with Crippen LogP contribution >= 0.6 is 11.6 Å². The summed E-state index contributed by atoms with van der Waals surface area (Å²) in [6.45, 7) is 8.85. The summed E-state index contributed by atoms with van der Waals surface area (Å²) in [6.07, 6.45) is 1.25. The molecule has 1 aromatic carbocycles. The van der Waals surface area contributed by atoms with E-state index in [1.165, 1.54) is 0 Å². The minimum absolute atomic E-state index is 0.362. The Balaban J connectivity index is 1.74. The largest absolute Gasteiger partial charge is 0.389 e. The predicted octanol–water partition coefficient (Wildman–Crippen LogP) is 2.03. The van der Waals surface area contributed by atoms with Gasteiger partial charge in [-0.25, -0.2) is 0 Å². The van der Waals surface area contributed by atoms with Gasteiger partial charge in [0.1, 0.15) is 0 Å². The predicted molar refractivity (Wildman–Crippen MR) is 87.1 cm³/mol. The highest BCUT2D eigenvalue weighted by atomic mass is 35.5. The summed E-state index contributed by atoms with van der Waals surface area (Å²) in [5, 5.41) is 10.7. The molecule has 1 unspecified atom stereocenters. The monoisotopic (exact) mass is 310 g/mol.